The van der Waals surface area contributed by atoms with Crippen molar-refractivity contribution in [2.75, 3.05) is 11.1 Å². The molecule has 1 saturated carbocycles. The Morgan fingerprint density at radius 3 is 2.59 bits per heavy atom. The van der Waals surface area contributed by atoms with Crippen molar-refractivity contribution in [1.82, 2.24) is 29.7 Å². The maximum atomic E-state index is 13.4. The number of anilines is 2. The number of aromatic nitrogens is 6. The van der Waals surface area contributed by atoms with Gasteiger partial charge in [0.15, 0.2) is 0 Å². The largest absolute Gasteiger partial charge is 0.368 e. The van der Waals surface area contributed by atoms with Gasteiger partial charge in [0.05, 0.1) is 34.6 Å². The molecule has 5 aromatic rings. The monoisotopic (exact) mass is 498 g/mol. The third-order valence-corrected chi connectivity index (χ3v) is 6.56. The van der Waals surface area contributed by atoms with Gasteiger partial charge in [0.1, 0.15) is 6.17 Å². The number of pyridine rings is 1. The van der Waals surface area contributed by atoms with Gasteiger partial charge in [0, 0.05) is 23.0 Å². The third-order valence-electron chi connectivity index (χ3n) is 6.56. The zero-order valence-corrected chi connectivity index (χ0v) is 20.4. The summed E-state index contributed by atoms with van der Waals surface area (Å²) >= 11 is 0. The van der Waals surface area contributed by atoms with Gasteiger partial charge in [-0.2, -0.15) is 10.1 Å². The van der Waals surface area contributed by atoms with E-state index in [2.05, 4.69) is 30.5 Å². The van der Waals surface area contributed by atoms with Gasteiger partial charge in [0.25, 0.3) is 5.91 Å². The number of nitrogen functional groups attached to an aromatic ring is 1. The summed E-state index contributed by atoms with van der Waals surface area (Å²) in [5.74, 6) is 0.229. The molecule has 0 spiro atoms. The van der Waals surface area contributed by atoms with E-state index in [1.165, 1.54) is 6.20 Å². The number of benzene rings is 1. The van der Waals surface area contributed by atoms with Crippen LogP contribution in [0.15, 0.2) is 47.2 Å². The predicted molar refractivity (Wildman–Crippen MR) is 135 cm³/mol. The van der Waals surface area contributed by atoms with Crippen LogP contribution in [0.25, 0.3) is 28.0 Å². The number of hydrogen-bond acceptors (Lipinski definition) is 8. The van der Waals surface area contributed by atoms with Crippen molar-refractivity contribution in [1.29, 1.82) is 0 Å². The summed E-state index contributed by atoms with van der Waals surface area (Å²) in [6.07, 6.45) is 2.80. The summed E-state index contributed by atoms with van der Waals surface area (Å²) in [5, 5.41) is 11.3. The maximum absolute atomic E-state index is 13.4. The van der Waals surface area contributed by atoms with Crippen LogP contribution < -0.4 is 11.1 Å². The molecule has 0 unspecified atom stereocenters. The Kier molecular flexibility index (Phi) is 5.21. The lowest BCUT2D eigenvalue weighted by Crippen LogP contribution is -2.12. The molecule has 1 fully saturated rings. The smallest absolute Gasteiger partial charge is 0.259 e. The summed E-state index contributed by atoms with van der Waals surface area (Å²) < 4.78 is 20.2. The van der Waals surface area contributed by atoms with Gasteiger partial charge in [0.2, 0.25) is 17.7 Å². The molecule has 10 nitrogen and oxygen atoms in total. The van der Waals surface area contributed by atoms with Gasteiger partial charge in [-0.25, -0.2) is 18.9 Å². The second kappa shape index (κ2) is 8.47. The SMILES string of the molecule is Cc1ccc(-c2noc([C@H]3C[C@@H]3F)n2)cc1NC(=O)c1cnn2ccc(-c3c(C)nc(N)nc3C)cc12. The van der Waals surface area contributed by atoms with Crippen molar-refractivity contribution in [2.45, 2.75) is 39.3 Å². The minimum atomic E-state index is -0.923. The Labute approximate surface area is 210 Å². The van der Waals surface area contributed by atoms with Crippen molar-refractivity contribution in [2.24, 2.45) is 0 Å². The fourth-order valence-electron chi connectivity index (χ4n) is 4.48. The fraction of sp³-hybridized carbons (Fsp3) is 0.231. The predicted octanol–water partition coefficient (Wildman–Crippen LogP) is 4.43. The van der Waals surface area contributed by atoms with Gasteiger partial charge < -0.3 is 15.6 Å². The average molecular weight is 499 g/mol. The summed E-state index contributed by atoms with van der Waals surface area (Å²) in [6, 6.07) is 9.25. The number of alkyl halides is 1. The Bertz CT molecular complexity index is 1670. The molecule has 3 N–H and O–H groups in total. The van der Waals surface area contributed by atoms with Crippen molar-refractivity contribution >= 4 is 23.1 Å². The molecule has 11 heteroatoms. The van der Waals surface area contributed by atoms with E-state index < -0.39 is 6.17 Å². The lowest BCUT2D eigenvalue weighted by atomic mass is 10.0. The number of hydrogen-bond donors (Lipinski definition) is 2. The molecule has 0 aliphatic heterocycles. The lowest BCUT2D eigenvalue weighted by Gasteiger charge is -2.11. The fourth-order valence-corrected chi connectivity index (χ4v) is 4.48. The second-order valence-electron chi connectivity index (χ2n) is 9.23. The zero-order chi connectivity index (χ0) is 25.8. The Balaban J connectivity index is 1.31. The lowest BCUT2D eigenvalue weighted by molar-refractivity contribution is 0.102. The van der Waals surface area contributed by atoms with E-state index in [-0.39, 0.29) is 17.8 Å². The molecule has 6 rings (SSSR count). The van der Waals surface area contributed by atoms with Crippen LogP contribution in [0.3, 0.4) is 0 Å². The molecule has 186 valence electrons. The van der Waals surface area contributed by atoms with Crippen molar-refractivity contribution in [3.05, 3.63) is 71.1 Å². The van der Waals surface area contributed by atoms with Crippen molar-refractivity contribution < 1.29 is 13.7 Å². The van der Waals surface area contributed by atoms with Crippen LogP contribution in [-0.4, -0.2) is 41.8 Å². The molecule has 4 heterocycles. The third kappa shape index (κ3) is 4.07. The number of rotatable bonds is 5. The van der Waals surface area contributed by atoms with E-state index >= 15 is 0 Å². The standard InChI is InChI=1S/C26H23FN8O2/c1-12-4-5-16(23-33-25(37-34-23)17-10-19(17)27)8-20(12)32-24(36)18-11-29-35-7-6-15(9-21(18)35)22-13(2)30-26(28)31-14(22)3/h4-9,11,17,19H,10H2,1-3H3,(H,32,36)(H2,28,30,31)/t17-,19-/m0/s1. The number of fused-ring (bicyclic) bond motifs is 1. The summed E-state index contributed by atoms with van der Waals surface area (Å²) in [7, 11) is 0. The van der Waals surface area contributed by atoms with Crippen LogP contribution in [0.5, 0.6) is 0 Å². The summed E-state index contributed by atoms with van der Waals surface area (Å²) in [6.45, 7) is 5.63. The Hall–Kier alpha value is -4.67. The summed E-state index contributed by atoms with van der Waals surface area (Å²) in [4.78, 5) is 26.3. The minimum Gasteiger partial charge on any atom is -0.368 e. The number of nitrogens with zero attached hydrogens (tertiary/aromatic N) is 6. The number of carbonyl (C=O) groups excluding carboxylic acids is 1. The molecule has 1 aliphatic carbocycles. The quantitative estimate of drug-likeness (QED) is 0.363. The van der Waals surface area contributed by atoms with Gasteiger partial charge >= 0.3 is 0 Å². The number of nitrogens with two attached hydrogens (primary N) is 1. The van der Waals surface area contributed by atoms with Crippen LogP contribution in [0.1, 0.15) is 45.5 Å². The molecular weight excluding hydrogens is 475 g/mol. The normalized spacial score (nSPS) is 16.8. The first-order valence-corrected chi connectivity index (χ1v) is 11.8. The van der Waals surface area contributed by atoms with Crippen LogP contribution in [0, 0.1) is 20.8 Å². The van der Waals surface area contributed by atoms with Crippen molar-refractivity contribution in [3.63, 3.8) is 0 Å². The molecule has 4 aromatic heterocycles. The number of halogens is 1. The van der Waals surface area contributed by atoms with Crippen LogP contribution in [0.2, 0.25) is 0 Å². The van der Waals surface area contributed by atoms with Crippen LogP contribution in [-0.2, 0) is 0 Å². The van der Waals surface area contributed by atoms with E-state index in [0.717, 1.165) is 28.1 Å². The van der Waals surface area contributed by atoms with E-state index in [0.29, 0.717) is 40.5 Å². The first-order valence-electron chi connectivity index (χ1n) is 11.8. The van der Waals surface area contributed by atoms with E-state index in [1.807, 2.05) is 45.0 Å². The highest BCUT2D eigenvalue weighted by molar-refractivity contribution is 6.09. The Morgan fingerprint density at radius 1 is 1.11 bits per heavy atom. The number of aryl methyl sites for hydroxylation is 3. The number of amides is 1. The first kappa shape index (κ1) is 22.8. The van der Waals surface area contributed by atoms with Crippen LogP contribution in [0.4, 0.5) is 16.0 Å². The molecule has 1 amide bonds. The second-order valence-corrected chi connectivity index (χ2v) is 9.23. The minimum absolute atomic E-state index is 0.220. The Morgan fingerprint density at radius 2 is 1.86 bits per heavy atom. The van der Waals surface area contributed by atoms with Gasteiger partial charge in [-0.15, -0.1) is 0 Å². The van der Waals surface area contributed by atoms with E-state index in [4.69, 9.17) is 10.3 Å². The molecule has 0 radical (unpaired) electrons. The highest BCUT2D eigenvalue weighted by Gasteiger charge is 2.43. The van der Waals surface area contributed by atoms with Crippen LogP contribution >= 0.6 is 0 Å². The van der Waals surface area contributed by atoms with E-state index in [9.17, 15) is 9.18 Å². The maximum Gasteiger partial charge on any atom is 0.259 e. The van der Waals surface area contributed by atoms with Crippen molar-refractivity contribution in [3.8, 4) is 22.5 Å². The summed E-state index contributed by atoms with van der Waals surface area (Å²) in [5.41, 5.74) is 12.1. The average Bonchev–Trinajstić information content (AvgIpc) is 3.23. The highest BCUT2D eigenvalue weighted by Crippen LogP contribution is 2.43. The van der Waals surface area contributed by atoms with Gasteiger partial charge in [-0.05, 0) is 56.5 Å². The highest BCUT2D eigenvalue weighted by atomic mass is 19.1. The van der Waals surface area contributed by atoms with Gasteiger partial charge in [-0.1, -0.05) is 17.3 Å². The topological polar surface area (TPSA) is 137 Å². The molecule has 1 aromatic carbocycles. The zero-order valence-electron chi connectivity index (χ0n) is 20.4. The molecule has 2 atom stereocenters. The molecule has 0 bridgehead atoms. The molecular formula is C26H23FN8O2. The number of carbonyl (C=O) groups is 1. The van der Waals surface area contributed by atoms with Gasteiger partial charge in [-0.3, -0.25) is 4.79 Å². The number of nitrogens with one attached hydrogen (secondary N) is 1. The van der Waals surface area contributed by atoms with E-state index in [1.54, 1.807) is 16.8 Å². The first-order chi connectivity index (χ1) is 17.8. The molecule has 37 heavy (non-hydrogen) atoms. The molecule has 1 aliphatic rings. The molecule has 0 saturated heterocycles.